The summed E-state index contributed by atoms with van der Waals surface area (Å²) in [6, 6.07) is 14.4. The van der Waals surface area contributed by atoms with Gasteiger partial charge in [-0.2, -0.15) is 0 Å². The van der Waals surface area contributed by atoms with Crippen molar-refractivity contribution in [1.29, 1.82) is 0 Å². The highest BCUT2D eigenvalue weighted by Crippen LogP contribution is 2.00. The minimum Gasteiger partial charge on any atom is -0.308 e. The molecule has 17 heavy (non-hydrogen) atoms. The minimum absolute atomic E-state index is 0.0319. The van der Waals surface area contributed by atoms with Gasteiger partial charge in [-0.05, 0) is 11.6 Å². The molecule has 0 saturated carbocycles. The summed E-state index contributed by atoms with van der Waals surface area (Å²) >= 11 is 0. The van der Waals surface area contributed by atoms with Crippen molar-refractivity contribution in [3.05, 3.63) is 70.6 Å². The van der Waals surface area contributed by atoms with Crippen molar-refractivity contribution in [2.45, 2.75) is 13.0 Å². The lowest BCUT2D eigenvalue weighted by Gasteiger charge is -2.04. The Bertz CT molecular complexity index is 558. The molecule has 0 spiro atoms. The Kier molecular flexibility index (Phi) is 3.50. The molecule has 1 aromatic carbocycles. The van der Waals surface area contributed by atoms with E-state index < -0.39 is 0 Å². The van der Waals surface area contributed by atoms with Crippen LogP contribution in [-0.2, 0) is 17.8 Å². The van der Waals surface area contributed by atoms with E-state index in [0.29, 0.717) is 6.42 Å². The van der Waals surface area contributed by atoms with Crippen molar-refractivity contribution in [1.82, 2.24) is 4.57 Å². The van der Waals surface area contributed by atoms with Gasteiger partial charge in [0, 0.05) is 18.7 Å². The second kappa shape index (κ2) is 5.25. The zero-order valence-electron chi connectivity index (χ0n) is 9.37. The van der Waals surface area contributed by atoms with Crippen LogP contribution in [0, 0.1) is 0 Å². The van der Waals surface area contributed by atoms with Gasteiger partial charge < -0.3 is 4.57 Å². The number of Topliss-reactive ketones (excluding diaryl/α,β-unsaturated/α-hetero) is 1. The van der Waals surface area contributed by atoms with E-state index in [2.05, 4.69) is 0 Å². The van der Waals surface area contributed by atoms with E-state index in [-0.39, 0.29) is 17.9 Å². The Balaban J connectivity index is 2.04. The SMILES string of the molecule is O=C(Cc1ccccc1)Cn1ccccc1=O. The number of nitrogens with zero attached hydrogens (tertiary/aromatic N) is 1. The molecule has 0 aliphatic rings. The molecular formula is C14H13NO2. The first-order valence-electron chi connectivity index (χ1n) is 5.47. The van der Waals surface area contributed by atoms with Gasteiger partial charge in [0.15, 0.2) is 5.78 Å². The van der Waals surface area contributed by atoms with Crippen molar-refractivity contribution in [2.24, 2.45) is 0 Å². The highest BCUT2D eigenvalue weighted by atomic mass is 16.1. The zero-order valence-corrected chi connectivity index (χ0v) is 9.37. The first-order chi connectivity index (χ1) is 8.25. The molecule has 3 nitrogen and oxygen atoms in total. The maximum Gasteiger partial charge on any atom is 0.250 e. The van der Waals surface area contributed by atoms with E-state index in [4.69, 9.17) is 0 Å². The first-order valence-corrected chi connectivity index (χ1v) is 5.47. The third-order valence-corrected chi connectivity index (χ3v) is 2.49. The summed E-state index contributed by atoms with van der Waals surface area (Å²) < 4.78 is 1.42. The van der Waals surface area contributed by atoms with Crippen LogP contribution in [0.25, 0.3) is 0 Å². The van der Waals surface area contributed by atoms with Crippen LogP contribution in [-0.4, -0.2) is 10.4 Å². The number of aromatic nitrogens is 1. The van der Waals surface area contributed by atoms with Crippen molar-refractivity contribution in [3.63, 3.8) is 0 Å². The van der Waals surface area contributed by atoms with E-state index in [1.54, 1.807) is 18.3 Å². The van der Waals surface area contributed by atoms with Crippen molar-refractivity contribution >= 4 is 5.78 Å². The van der Waals surface area contributed by atoms with Crippen LogP contribution in [0.1, 0.15) is 5.56 Å². The molecule has 0 amide bonds. The van der Waals surface area contributed by atoms with Gasteiger partial charge in [-0.3, -0.25) is 9.59 Å². The highest BCUT2D eigenvalue weighted by Gasteiger charge is 2.05. The van der Waals surface area contributed by atoms with E-state index in [1.165, 1.54) is 10.6 Å². The molecule has 3 heteroatoms. The van der Waals surface area contributed by atoms with Gasteiger partial charge >= 0.3 is 0 Å². The standard InChI is InChI=1S/C14H13NO2/c16-13(10-12-6-2-1-3-7-12)11-15-9-5-4-8-14(15)17/h1-9H,10-11H2. The van der Waals surface area contributed by atoms with E-state index in [1.807, 2.05) is 30.3 Å². The maximum absolute atomic E-state index is 11.8. The van der Waals surface area contributed by atoms with E-state index in [0.717, 1.165) is 5.56 Å². The number of benzene rings is 1. The normalized spacial score (nSPS) is 10.1. The van der Waals surface area contributed by atoms with Gasteiger partial charge in [-0.25, -0.2) is 0 Å². The molecule has 1 heterocycles. The molecule has 0 aliphatic carbocycles. The van der Waals surface area contributed by atoms with Gasteiger partial charge in [-0.1, -0.05) is 36.4 Å². The smallest absolute Gasteiger partial charge is 0.250 e. The Morgan fingerprint density at radius 3 is 2.41 bits per heavy atom. The topological polar surface area (TPSA) is 39.1 Å². The molecule has 1 aromatic heterocycles. The molecule has 0 bridgehead atoms. The number of pyridine rings is 1. The Hall–Kier alpha value is -2.16. The van der Waals surface area contributed by atoms with Gasteiger partial charge in [0.05, 0.1) is 6.54 Å². The minimum atomic E-state index is -0.145. The maximum atomic E-state index is 11.8. The fraction of sp³-hybridized carbons (Fsp3) is 0.143. The van der Waals surface area contributed by atoms with E-state index in [9.17, 15) is 9.59 Å². The molecule has 2 rings (SSSR count). The van der Waals surface area contributed by atoms with Crippen LogP contribution in [0.5, 0.6) is 0 Å². The number of hydrogen-bond acceptors (Lipinski definition) is 2. The second-order valence-corrected chi connectivity index (χ2v) is 3.87. The average molecular weight is 227 g/mol. The number of hydrogen-bond donors (Lipinski definition) is 0. The third-order valence-electron chi connectivity index (χ3n) is 2.49. The van der Waals surface area contributed by atoms with Crippen molar-refractivity contribution < 1.29 is 4.79 Å². The summed E-state index contributed by atoms with van der Waals surface area (Å²) in [6.45, 7) is 0.133. The van der Waals surface area contributed by atoms with Gasteiger partial charge in [0.2, 0.25) is 0 Å². The Labute approximate surface area is 99.3 Å². The second-order valence-electron chi connectivity index (χ2n) is 3.87. The predicted octanol–water partition coefficient (Wildman–Crippen LogP) is 1.66. The largest absolute Gasteiger partial charge is 0.308 e. The van der Waals surface area contributed by atoms with Crippen LogP contribution in [0.4, 0.5) is 0 Å². The summed E-state index contributed by atoms with van der Waals surface area (Å²) in [5.41, 5.74) is 0.829. The van der Waals surface area contributed by atoms with Gasteiger partial charge in [0.25, 0.3) is 5.56 Å². The predicted molar refractivity (Wildman–Crippen MR) is 65.9 cm³/mol. The Morgan fingerprint density at radius 2 is 1.71 bits per heavy atom. The molecule has 2 aromatic rings. The number of ketones is 1. The summed E-state index contributed by atoms with van der Waals surface area (Å²) in [6.07, 6.45) is 1.99. The molecule has 0 saturated heterocycles. The molecular weight excluding hydrogens is 214 g/mol. The molecule has 0 unspecified atom stereocenters. The highest BCUT2D eigenvalue weighted by molar-refractivity contribution is 5.80. The fourth-order valence-corrected chi connectivity index (χ4v) is 1.66. The molecule has 0 aliphatic heterocycles. The summed E-state index contributed by atoms with van der Waals surface area (Å²) in [4.78, 5) is 23.2. The van der Waals surface area contributed by atoms with Crippen LogP contribution in [0.3, 0.4) is 0 Å². The monoisotopic (exact) mass is 227 g/mol. The third kappa shape index (κ3) is 3.14. The zero-order chi connectivity index (χ0) is 12.1. The van der Waals surface area contributed by atoms with Crippen LogP contribution in [0.15, 0.2) is 59.5 Å². The lowest BCUT2D eigenvalue weighted by atomic mass is 10.1. The van der Waals surface area contributed by atoms with Gasteiger partial charge in [-0.15, -0.1) is 0 Å². The molecule has 0 radical (unpaired) electrons. The first kappa shape index (κ1) is 11.3. The van der Waals surface area contributed by atoms with Gasteiger partial charge in [0.1, 0.15) is 0 Å². The molecule has 0 N–H and O–H groups in total. The number of rotatable bonds is 4. The lowest BCUT2D eigenvalue weighted by Crippen LogP contribution is -2.23. The summed E-state index contributed by atoms with van der Waals surface area (Å²) in [5, 5.41) is 0. The molecule has 86 valence electrons. The average Bonchev–Trinajstić information content (AvgIpc) is 2.33. The van der Waals surface area contributed by atoms with Crippen molar-refractivity contribution in [3.8, 4) is 0 Å². The number of carbonyl (C=O) groups is 1. The van der Waals surface area contributed by atoms with Crippen LogP contribution in [0.2, 0.25) is 0 Å². The van der Waals surface area contributed by atoms with Crippen LogP contribution >= 0.6 is 0 Å². The molecule has 0 fully saturated rings. The number of carbonyl (C=O) groups excluding carboxylic acids is 1. The lowest BCUT2D eigenvalue weighted by molar-refractivity contribution is -0.119. The van der Waals surface area contributed by atoms with Crippen molar-refractivity contribution in [2.75, 3.05) is 0 Å². The van der Waals surface area contributed by atoms with E-state index >= 15 is 0 Å². The Morgan fingerprint density at radius 1 is 1.00 bits per heavy atom. The summed E-state index contributed by atoms with van der Waals surface area (Å²) in [7, 11) is 0. The fourth-order valence-electron chi connectivity index (χ4n) is 1.66. The van der Waals surface area contributed by atoms with Crippen LogP contribution < -0.4 is 5.56 Å². The molecule has 0 atom stereocenters. The quantitative estimate of drug-likeness (QED) is 0.796. The summed E-state index contributed by atoms with van der Waals surface area (Å²) in [5.74, 6) is 0.0319.